The van der Waals surface area contributed by atoms with Crippen molar-refractivity contribution < 1.29 is 9.47 Å². The van der Waals surface area contributed by atoms with Gasteiger partial charge in [0.05, 0.1) is 0 Å². The molecule has 88 valence electrons. The van der Waals surface area contributed by atoms with Gasteiger partial charge in [0.2, 0.25) is 5.13 Å². The molecule has 1 aliphatic heterocycles. The van der Waals surface area contributed by atoms with E-state index in [0.29, 0.717) is 13.2 Å². The van der Waals surface area contributed by atoms with Gasteiger partial charge in [0.25, 0.3) is 0 Å². The number of ether oxygens (including phenoxy) is 2. The molecular formula is C10H10N4O2S. The molecule has 0 aliphatic carbocycles. The largest absolute Gasteiger partial charge is 0.486 e. The fourth-order valence-corrected chi connectivity index (χ4v) is 2.06. The third-order valence-corrected chi connectivity index (χ3v) is 3.16. The van der Waals surface area contributed by atoms with Crippen molar-refractivity contribution in [1.29, 1.82) is 0 Å². The highest BCUT2D eigenvalue weighted by Gasteiger charge is 2.15. The first-order valence-corrected chi connectivity index (χ1v) is 5.90. The molecule has 0 amide bonds. The zero-order chi connectivity index (χ0) is 11.7. The van der Waals surface area contributed by atoms with Crippen molar-refractivity contribution in [3.63, 3.8) is 0 Å². The molecule has 2 heterocycles. The SMILES string of the molecule is CN(c1ccc2c(c1)OCCO2)c1nnns1. The Bertz CT molecular complexity index is 517. The molecule has 0 atom stereocenters. The molecule has 1 aromatic carbocycles. The van der Waals surface area contributed by atoms with Crippen molar-refractivity contribution in [3.05, 3.63) is 18.2 Å². The Kier molecular flexibility index (Phi) is 2.52. The van der Waals surface area contributed by atoms with Crippen LogP contribution < -0.4 is 14.4 Å². The first kappa shape index (κ1) is 10.3. The van der Waals surface area contributed by atoms with E-state index >= 15 is 0 Å². The molecule has 6 nitrogen and oxygen atoms in total. The van der Waals surface area contributed by atoms with Gasteiger partial charge in [-0.2, -0.15) is 0 Å². The molecule has 17 heavy (non-hydrogen) atoms. The third-order valence-electron chi connectivity index (χ3n) is 2.49. The molecule has 3 rings (SSSR count). The smallest absolute Gasteiger partial charge is 0.232 e. The Balaban J connectivity index is 1.93. The summed E-state index contributed by atoms with van der Waals surface area (Å²) in [6, 6.07) is 5.78. The number of hydrogen-bond acceptors (Lipinski definition) is 7. The predicted molar refractivity (Wildman–Crippen MR) is 63.2 cm³/mol. The summed E-state index contributed by atoms with van der Waals surface area (Å²) >= 11 is 1.24. The molecule has 0 unspecified atom stereocenters. The van der Waals surface area contributed by atoms with Gasteiger partial charge >= 0.3 is 0 Å². The van der Waals surface area contributed by atoms with E-state index in [1.165, 1.54) is 11.5 Å². The fraction of sp³-hybridized carbons (Fsp3) is 0.300. The van der Waals surface area contributed by atoms with Crippen LogP contribution in [-0.4, -0.2) is 35.1 Å². The molecular weight excluding hydrogens is 240 g/mol. The molecule has 7 heteroatoms. The molecule has 0 bridgehead atoms. The van der Waals surface area contributed by atoms with E-state index in [1.54, 1.807) is 0 Å². The van der Waals surface area contributed by atoms with Crippen LogP contribution >= 0.6 is 11.5 Å². The Morgan fingerprint density at radius 1 is 1.24 bits per heavy atom. The van der Waals surface area contributed by atoms with Crippen molar-refractivity contribution in [2.24, 2.45) is 0 Å². The van der Waals surface area contributed by atoms with E-state index in [4.69, 9.17) is 9.47 Å². The van der Waals surface area contributed by atoms with Crippen LogP contribution in [0.2, 0.25) is 0 Å². The topological polar surface area (TPSA) is 60.4 Å². The second-order valence-corrected chi connectivity index (χ2v) is 4.24. The number of hydrogen-bond donors (Lipinski definition) is 0. The summed E-state index contributed by atoms with van der Waals surface area (Å²) in [5.74, 6) is 1.54. The average molecular weight is 250 g/mol. The normalized spacial score (nSPS) is 13.5. The van der Waals surface area contributed by atoms with Crippen molar-refractivity contribution in [2.45, 2.75) is 0 Å². The van der Waals surface area contributed by atoms with Gasteiger partial charge in [-0.3, -0.25) is 0 Å². The molecule has 2 aromatic rings. The maximum absolute atomic E-state index is 5.53. The number of fused-ring (bicyclic) bond motifs is 1. The first-order chi connectivity index (χ1) is 8.34. The van der Waals surface area contributed by atoms with Crippen LogP contribution in [-0.2, 0) is 0 Å². The zero-order valence-corrected chi connectivity index (χ0v) is 9.98. The maximum atomic E-state index is 5.53. The monoisotopic (exact) mass is 250 g/mol. The summed E-state index contributed by atoms with van der Waals surface area (Å²) in [4.78, 5) is 1.91. The van der Waals surface area contributed by atoms with E-state index in [2.05, 4.69) is 14.8 Å². The summed E-state index contributed by atoms with van der Waals surface area (Å²) in [7, 11) is 1.91. The van der Waals surface area contributed by atoms with E-state index in [0.717, 1.165) is 22.3 Å². The first-order valence-electron chi connectivity index (χ1n) is 5.13. The van der Waals surface area contributed by atoms with Gasteiger partial charge in [-0.25, -0.2) is 0 Å². The lowest BCUT2D eigenvalue weighted by atomic mass is 10.2. The van der Waals surface area contributed by atoms with Crippen molar-refractivity contribution in [3.8, 4) is 11.5 Å². The minimum Gasteiger partial charge on any atom is -0.486 e. The molecule has 0 saturated heterocycles. The van der Waals surface area contributed by atoms with E-state index in [-0.39, 0.29) is 0 Å². The second kappa shape index (κ2) is 4.17. The van der Waals surface area contributed by atoms with Gasteiger partial charge in [-0.05, 0) is 17.3 Å². The van der Waals surface area contributed by atoms with Gasteiger partial charge in [-0.1, -0.05) is 9.59 Å². The number of nitrogens with zero attached hydrogens (tertiary/aromatic N) is 4. The van der Waals surface area contributed by atoms with Gasteiger partial charge < -0.3 is 14.4 Å². The minimum absolute atomic E-state index is 0.584. The second-order valence-electron chi connectivity index (χ2n) is 3.53. The molecule has 0 spiro atoms. The summed E-state index contributed by atoms with van der Waals surface area (Å²) < 4.78 is 14.7. The highest BCUT2D eigenvalue weighted by atomic mass is 32.1. The summed E-state index contributed by atoms with van der Waals surface area (Å²) in [6.07, 6.45) is 0. The maximum Gasteiger partial charge on any atom is 0.232 e. The van der Waals surface area contributed by atoms with E-state index in [1.807, 2.05) is 30.1 Å². The highest BCUT2D eigenvalue weighted by molar-refractivity contribution is 7.09. The van der Waals surface area contributed by atoms with Crippen LogP contribution in [0.5, 0.6) is 11.5 Å². The molecule has 0 fully saturated rings. The Labute approximate surface area is 102 Å². The summed E-state index contributed by atoms with van der Waals surface area (Å²) in [5, 5.41) is 8.23. The Morgan fingerprint density at radius 2 is 2.06 bits per heavy atom. The lowest BCUT2D eigenvalue weighted by Crippen LogP contribution is -2.16. The fourth-order valence-electron chi connectivity index (χ4n) is 1.61. The van der Waals surface area contributed by atoms with Crippen LogP contribution in [0.3, 0.4) is 0 Å². The van der Waals surface area contributed by atoms with Crippen molar-refractivity contribution in [2.75, 3.05) is 25.2 Å². The highest BCUT2D eigenvalue weighted by Crippen LogP contribution is 2.35. The molecule has 1 aromatic heterocycles. The van der Waals surface area contributed by atoms with Crippen LogP contribution in [0.25, 0.3) is 0 Å². The lowest BCUT2D eigenvalue weighted by Gasteiger charge is -2.21. The Morgan fingerprint density at radius 3 is 2.82 bits per heavy atom. The van der Waals surface area contributed by atoms with E-state index < -0.39 is 0 Å². The molecule has 0 saturated carbocycles. The summed E-state index contributed by atoms with van der Waals surface area (Å²) in [6.45, 7) is 1.18. The van der Waals surface area contributed by atoms with Gasteiger partial charge in [0.1, 0.15) is 13.2 Å². The van der Waals surface area contributed by atoms with Gasteiger partial charge in [-0.15, -0.1) is 0 Å². The van der Waals surface area contributed by atoms with Crippen molar-refractivity contribution in [1.82, 2.24) is 14.8 Å². The Hall–Kier alpha value is -1.89. The number of rotatable bonds is 2. The molecule has 0 radical (unpaired) electrons. The molecule has 0 N–H and O–H groups in total. The predicted octanol–water partition coefficient (Wildman–Crippen LogP) is 1.47. The van der Waals surface area contributed by atoms with Crippen LogP contribution in [0.4, 0.5) is 10.8 Å². The number of anilines is 2. The third kappa shape index (κ3) is 1.89. The summed E-state index contributed by atoms with van der Waals surface area (Å²) in [5.41, 5.74) is 0.966. The van der Waals surface area contributed by atoms with Crippen LogP contribution in [0.1, 0.15) is 0 Å². The molecule has 1 aliphatic rings. The standard InChI is InChI=1S/C10H10N4O2S/c1-14(10-11-12-13-17-10)7-2-3-8-9(6-7)16-5-4-15-8/h2-3,6H,4-5H2,1H3. The number of aromatic nitrogens is 3. The van der Waals surface area contributed by atoms with Crippen LogP contribution in [0, 0.1) is 0 Å². The van der Waals surface area contributed by atoms with E-state index in [9.17, 15) is 0 Å². The lowest BCUT2D eigenvalue weighted by molar-refractivity contribution is 0.171. The number of benzene rings is 1. The average Bonchev–Trinajstić information content (AvgIpc) is 2.91. The van der Waals surface area contributed by atoms with Gasteiger partial charge in [0.15, 0.2) is 11.5 Å². The minimum atomic E-state index is 0.584. The zero-order valence-electron chi connectivity index (χ0n) is 9.16. The van der Waals surface area contributed by atoms with Crippen LogP contribution in [0.15, 0.2) is 18.2 Å². The van der Waals surface area contributed by atoms with Crippen molar-refractivity contribution >= 4 is 22.4 Å². The van der Waals surface area contributed by atoms with Gasteiger partial charge in [0, 0.05) is 30.3 Å². The quantitative estimate of drug-likeness (QED) is 0.804.